The number of hydrogen-bond acceptors (Lipinski definition) is 2. The summed E-state index contributed by atoms with van der Waals surface area (Å²) >= 11 is 0. The Balaban J connectivity index is 2.74. The second kappa shape index (κ2) is 4.29. The summed E-state index contributed by atoms with van der Waals surface area (Å²) in [5.74, 6) is -0.289. The van der Waals surface area contributed by atoms with E-state index in [0.717, 1.165) is 16.5 Å². The summed E-state index contributed by atoms with van der Waals surface area (Å²) in [5.41, 5.74) is 0.706. The Labute approximate surface area is 99.0 Å². The predicted octanol–water partition coefficient (Wildman–Crippen LogP) is 2.95. The zero-order valence-electron chi connectivity index (χ0n) is 9.43. The fourth-order valence-corrected chi connectivity index (χ4v) is 1.84. The van der Waals surface area contributed by atoms with E-state index in [0.29, 0.717) is 5.56 Å². The maximum Gasteiger partial charge on any atom is 0.335 e. The number of hydrogen-bond donors (Lipinski definition) is 1. The van der Waals surface area contributed by atoms with Crippen molar-refractivity contribution in [3.05, 3.63) is 48.5 Å². The largest absolute Gasteiger partial charge is 0.496 e. The smallest absolute Gasteiger partial charge is 0.335 e. The minimum atomic E-state index is -1.01. The SMILES string of the molecule is C=C(C(=O)O)c1cccc2c(OC)cccc12. The number of carbonyl (C=O) groups is 1. The molecule has 2 aromatic rings. The van der Waals surface area contributed by atoms with Gasteiger partial charge in [0.25, 0.3) is 0 Å². The molecule has 0 unspecified atom stereocenters. The van der Waals surface area contributed by atoms with E-state index >= 15 is 0 Å². The Morgan fingerprint density at radius 3 is 2.47 bits per heavy atom. The van der Waals surface area contributed by atoms with Gasteiger partial charge in [-0.15, -0.1) is 0 Å². The molecule has 0 aliphatic rings. The Morgan fingerprint density at radius 1 is 1.18 bits per heavy atom. The summed E-state index contributed by atoms with van der Waals surface area (Å²) < 4.78 is 5.25. The molecule has 3 nitrogen and oxygen atoms in total. The molecule has 3 heteroatoms. The molecule has 0 atom stereocenters. The third kappa shape index (κ3) is 1.87. The molecular formula is C14H12O3. The van der Waals surface area contributed by atoms with E-state index in [4.69, 9.17) is 9.84 Å². The first kappa shape index (κ1) is 11.2. The van der Waals surface area contributed by atoms with Crippen LogP contribution in [0.3, 0.4) is 0 Å². The number of methoxy groups -OCH3 is 1. The Hall–Kier alpha value is -2.29. The molecule has 0 radical (unpaired) electrons. The van der Waals surface area contributed by atoms with Gasteiger partial charge >= 0.3 is 5.97 Å². The normalized spacial score (nSPS) is 10.2. The molecule has 0 aliphatic heterocycles. The lowest BCUT2D eigenvalue weighted by Gasteiger charge is -2.09. The van der Waals surface area contributed by atoms with Gasteiger partial charge in [-0.05, 0) is 17.0 Å². The third-order valence-electron chi connectivity index (χ3n) is 2.69. The van der Waals surface area contributed by atoms with Crippen molar-refractivity contribution in [2.75, 3.05) is 7.11 Å². The van der Waals surface area contributed by atoms with Crippen LogP contribution in [0.4, 0.5) is 0 Å². The van der Waals surface area contributed by atoms with Gasteiger partial charge in [0.15, 0.2) is 0 Å². The van der Waals surface area contributed by atoms with Gasteiger partial charge in [-0.3, -0.25) is 0 Å². The third-order valence-corrected chi connectivity index (χ3v) is 2.69. The molecule has 0 heterocycles. The standard InChI is InChI=1S/C14H12O3/c1-9(14(15)16)10-5-3-7-12-11(10)6-4-8-13(12)17-2/h3-8H,1H2,2H3,(H,15,16). The lowest BCUT2D eigenvalue weighted by molar-refractivity contribution is -0.130. The van der Waals surface area contributed by atoms with Gasteiger partial charge in [-0.25, -0.2) is 4.79 Å². The van der Waals surface area contributed by atoms with E-state index < -0.39 is 5.97 Å². The second-order valence-corrected chi connectivity index (χ2v) is 3.64. The van der Waals surface area contributed by atoms with Gasteiger partial charge in [0.1, 0.15) is 5.75 Å². The highest BCUT2D eigenvalue weighted by molar-refractivity contribution is 6.18. The minimum Gasteiger partial charge on any atom is -0.496 e. The van der Waals surface area contributed by atoms with Crippen molar-refractivity contribution < 1.29 is 14.6 Å². The molecule has 1 N–H and O–H groups in total. The van der Waals surface area contributed by atoms with Gasteiger partial charge < -0.3 is 9.84 Å². The number of carboxylic acid groups (broad SMARTS) is 1. The van der Waals surface area contributed by atoms with E-state index in [1.807, 2.05) is 24.3 Å². The maximum absolute atomic E-state index is 11.0. The van der Waals surface area contributed by atoms with Crippen LogP contribution in [-0.2, 0) is 4.79 Å². The van der Waals surface area contributed by atoms with Crippen molar-refractivity contribution in [1.29, 1.82) is 0 Å². The molecular weight excluding hydrogens is 216 g/mol. The molecule has 2 aromatic carbocycles. The summed E-state index contributed by atoms with van der Waals surface area (Å²) in [5, 5.41) is 10.7. The van der Waals surface area contributed by atoms with Crippen molar-refractivity contribution in [2.45, 2.75) is 0 Å². The minimum absolute atomic E-state index is 0.0869. The first-order chi connectivity index (χ1) is 8.15. The zero-order valence-corrected chi connectivity index (χ0v) is 9.43. The molecule has 2 rings (SSSR count). The average molecular weight is 228 g/mol. The fourth-order valence-electron chi connectivity index (χ4n) is 1.84. The van der Waals surface area contributed by atoms with Crippen molar-refractivity contribution in [3.8, 4) is 5.75 Å². The van der Waals surface area contributed by atoms with E-state index in [1.165, 1.54) is 0 Å². The molecule has 17 heavy (non-hydrogen) atoms. The average Bonchev–Trinajstić information content (AvgIpc) is 2.36. The van der Waals surface area contributed by atoms with Crippen molar-refractivity contribution in [1.82, 2.24) is 0 Å². The van der Waals surface area contributed by atoms with E-state index in [1.54, 1.807) is 19.2 Å². The summed E-state index contributed by atoms with van der Waals surface area (Å²) in [6.07, 6.45) is 0. The second-order valence-electron chi connectivity index (χ2n) is 3.64. The van der Waals surface area contributed by atoms with E-state index in [9.17, 15) is 4.79 Å². The van der Waals surface area contributed by atoms with Crippen LogP contribution in [0, 0.1) is 0 Å². The summed E-state index contributed by atoms with van der Waals surface area (Å²) in [4.78, 5) is 11.0. The molecule has 0 saturated carbocycles. The predicted molar refractivity (Wildman–Crippen MR) is 67.2 cm³/mol. The molecule has 0 saturated heterocycles. The van der Waals surface area contributed by atoms with E-state index in [-0.39, 0.29) is 5.57 Å². The van der Waals surface area contributed by atoms with Crippen molar-refractivity contribution in [3.63, 3.8) is 0 Å². The number of benzene rings is 2. The lowest BCUT2D eigenvalue weighted by Crippen LogP contribution is -1.98. The molecule has 0 amide bonds. The highest BCUT2D eigenvalue weighted by Gasteiger charge is 2.12. The molecule has 86 valence electrons. The highest BCUT2D eigenvalue weighted by atomic mass is 16.5. The molecule has 0 aliphatic carbocycles. The van der Waals surface area contributed by atoms with Crippen LogP contribution < -0.4 is 4.74 Å². The lowest BCUT2D eigenvalue weighted by atomic mass is 9.99. The quantitative estimate of drug-likeness (QED) is 0.821. The van der Waals surface area contributed by atoms with Gasteiger partial charge in [0.05, 0.1) is 12.7 Å². The monoisotopic (exact) mass is 228 g/mol. The number of fused-ring (bicyclic) bond motifs is 1. The first-order valence-electron chi connectivity index (χ1n) is 5.13. The van der Waals surface area contributed by atoms with Crippen LogP contribution in [0.1, 0.15) is 5.56 Å². The number of carboxylic acids is 1. The van der Waals surface area contributed by atoms with Gasteiger partial charge in [-0.1, -0.05) is 36.9 Å². The van der Waals surface area contributed by atoms with Crippen LogP contribution in [-0.4, -0.2) is 18.2 Å². The van der Waals surface area contributed by atoms with Gasteiger partial charge in [-0.2, -0.15) is 0 Å². The van der Waals surface area contributed by atoms with Crippen LogP contribution in [0.5, 0.6) is 5.75 Å². The first-order valence-corrected chi connectivity index (χ1v) is 5.13. The van der Waals surface area contributed by atoms with Crippen LogP contribution in [0.15, 0.2) is 43.0 Å². The van der Waals surface area contributed by atoms with Crippen LogP contribution >= 0.6 is 0 Å². The summed E-state index contributed by atoms with van der Waals surface area (Å²) in [6, 6.07) is 11.0. The van der Waals surface area contributed by atoms with Gasteiger partial charge in [0.2, 0.25) is 0 Å². The number of ether oxygens (including phenoxy) is 1. The number of rotatable bonds is 3. The fraction of sp³-hybridized carbons (Fsp3) is 0.0714. The van der Waals surface area contributed by atoms with E-state index in [2.05, 4.69) is 6.58 Å². The zero-order chi connectivity index (χ0) is 12.4. The molecule has 0 fully saturated rings. The summed E-state index contributed by atoms with van der Waals surface area (Å²) in [7, 11) is 1.59. The van der Waals surface area contributed by atoms with Crippen molar-refractivity contribution >= 4 is 22.3 Å². The topological polar surface area (TPSA) is 46.5 Å². The molecule has 0 aromatic heterocycles. The van der Waals surface area contributed by atoms with Crippen LogP contribution in [0.25, 0.3) is 16.3 Å². The van der Waals surface area contributed by atoms with Crippen LogP contribution in [0.2, 0.25) is 0 Å². The Morgan fingerprint density at radius 2 is 1.82 bits per heavy atom. The van der Waals surface area contributed by atoms with Crippen molar-refractivity contribution in [2.24, 2.45) is 0 Å². The maximum atomic E-state index is 11.0. The Kier molecular flexibility index (Phi) is 2.83. The number of aliphatic carboxylic acids is 1. The molecule has 0 spiro atoms. The Bertz CT molecular complexity index is 599. The molecule has 0 bridgehead atoms. The summed E-state index contributed by atoms with van der Waals surface area (Å²) in [6.45, 7) is 3.59. The van der Waals surface area contributed by atoms with Gasteiger partial charge in [0, 0.05) is 5.39 Å². The highest BCUT2D eigenvalue weighted by Crippen LogP contribution is 2.30.